The lowest BCUT2D eigenvalue weighted by atomic mass is 9.96. The molecule has 2 rings (SSSR count). The van der Waals surface area contributed by atoms with E-state index in [0.717, 1.165) is 0 Å². The van der Waals surface area contributed by atoms with Crippen molar-refractivity contribution in [1.82, 2.24) is 5.32 Å². The van der Waals surface area contributed by atoms with Crippen LogP contribution in [0.1, 0.15) is 63.5 Å². The van der Waals surface area contributed by atoms with Crippen LogP contribution in [0.3, 0.4) is 0 Å². The summed E-state index contributed by atoms with van der Waals surface area (Å²) in [4.78, 5) is 2.59. The molecule has 20 heavy (non-hydrogen) atoms. The highest BCUT2D eigenvalue weighted by Gasteiger charge is 2.22. The molecule has 1 N–H and O–H groups in total. The summed E-state index contributed by atoms with van der Waals surface area (Å²) in [6.07, 6.45) is 9.50. The molecule has 0 aromatic heterocycles. The molecule has 0 radical (unpaired) electrons. The van der Waals surface area contributed by atoms with E-state index in [1.54, 1.807) is 0 Å². The van der Waals surface area contributed by atoms with Gasteiger partial charge in [0.15, 0.2) is 0 Å². The van der Waals surface area contributed by atoms with Gasteiger partial charge < -0.3 is 10.2 Å². The average molecular weight is 274 g/mol. The fourth-order valence-corrected chi connectivity index (χ4v) is 3.25. The summed E-state index contributed by atoms with van der Waals surface area (Å²) in [5.41, 5.74) is 2.93. The fraction of sp³-hybridized carbons (Fsp3) is 0.667. The van der Waals surface area contributed by atoms with Crippen LogP contribution in [0.5, 0.6) is 0 Å². The summed E-state index contributed by atoms with van der Waals surface area (Å²) in [6.45, 7) is 4.69. The molecule has 2 nitrogen and oxygen atoms in total. The number of fused-ring (bicyclic) bond motifs is 1. The topological polar surface area (TPSA) is 15.3 Å². The summed E-state index contributed by atoms with van der Waals surface area (Å²) in [5, 5.41) is 3.44. The van der Waals surface area contributed by atoms with Gasteiger partial charge in [-0.3, -0.25) is 0 Å². The lowest BCUT2D eigenvalue weighted by Crippen LogP contribution is -2.35. The number of anilines is 1. The first-order chi connectivity index (χ1) is 9.86. The van der Waals surface area contributed by atoms with E-state index < -0.39 is 0 Å². The molecule has 0 saturated carbocycles. The van der Waals surface area contributed by atoms with Gasteiger partial charge in [-0.1, -0.05) is 57.2 Å². The molecule has 112 valence electrons. The first-order valence-corrected chi connectivity index (χ1v) is 8.38. The Bertz CT molecular complexity index is 389. The number of para-hydroxylation sites is 1. The zero-order valence-corrected chi connectivity index (χ0v) is 13.2. The number of rotatable bonds is 8. The first-order valence-electron chi connectivity index (χ1n) is 8.38. The minimum absolute atomic E-state index is 0.534. The number of nitrogens with zero attached hydrogens (tertiary/aromatic N) is 1. The predicted molar refractivity (Wildman–Crippen MR) is 88.4 cm³/mol. The van der Waals surface area contributed by atoms with Crippen molar-refractivity contribution in [3.8, 4) is 0 Å². The Morgan fingerprint density at radius 2 is 1.85 bits per heavy atom. The second-order valence-electron chi connectivity index (χ2n) is 5.94. The van der Waals surface area contributed by atoms with Crippen LogP contribution in [0.4, 0.5) is 5.69 Å². The van der Waals surface area contributed by atoms with Crippen molar-refractivity contribution in [2.24, 2.45) is 0 Å². The van der Waals surface area contributed by atoms with Crippen molar-refractivity contribution in [3.63, 3.8) is 0 Å². The molecule has 1 atom stereocenters. The number of hydrogen-bond donors (Lipinski definition) is 1. The van der Waals surface area contributed by atoms with Crippen molar-refractivity contribution < 1.29 is 0 Å². The molecule has 0 amide bonds. The van der Waals surface area contributed by atoms with E-state index in [2.05, 4.69) is 48.5 Å². The molecule has 1 aromatic rings. The van der Waals surface area contributed by atoms with Crippen LogP contribution in [0.2, 0.25) is 0 Å². The minimum Gasteiger partial charge on any atom is -0.371 e. The third-order valence-corrected chi connectivity index (χ3v) is 4.47. The zero-order chi connectivity index (χ0) is 14.2. The number of hydrogen-bond acceptors (Lipinski definition) is 2. The van der Waals surface area contributed by atoms with E-state index in [9.17, 15) is 0 Å². The van der Waals surface area contributed by atoms with E-state index in [0.29, 0.717) is 6.04 Å². The smallest absolute Gasteiger partial charge is 0.0414 e. The van der Waals surface area contributed by atoms with Gasteiger partial charge >= 0.3 is 0 Å². The lowest BCUT2D eigenvalue weighted by molar-refractivity contribution is 0.508. The third kappa shape index (κ3) is 3.99. The Morgan fingerprint density at radius 3 is 2.65 bits per heavy atom. The maximum absolute atomic E-state index is 3.44. The molecule has 1 heterocycles. The lowest BCUT2D eigenvalue weighted by Gasteiger charge is -2.35. The molecule has 1 unspecified atom stereocenters. The van der Waals surface area contributed by atoms with Crippen LogP contribution in [-0.2, 0) is 0 Å². The summed E-state index contributed by atoms with van der Waals surface area (Å²) < 4.78 is 0. The molecule has 0 bridgehead atoms. The van der Waals surface area contributed by atoms with Crippen molar-refractivity contribution in [3.05, 3.63) is 29.8 Å². The third-order valence-electron chi connectivity index (χ3n) is 4.47. The number of unbranched alkanes of at least 4 members (excludes halogenated alkanes) is 5. The molecular formula is C18H30N2. The van der Waals surface area contributed by atoms with Gasteiger partial charge in [0.05, 0.1) is 0 Å². The Labute approximate surface area is 124 Å². The van der Waals surface area contributed by atoms with Crippen molar-refractivity contribution in [2.45, 2.75) is 57.9 Å². The van der Waals surface area contributed by atoms with E-state index in [1.807, 2.05) is 0 Å². The number of benzene rings is 1. The Hall–Kier alpha value is -1.02. The van der Waals surface area contributed by atoms with Crippen LogP contribution in [-0.4, -0.2) is 20.1 Å². The molecule has 0 aliphatic carbocycles. The van der Waals surface area contributed by atoms with Crippen LogP contribution >= 0.6 is 0 Å². The van der Waals surface area contributed by atoms with Gasteiger partial charge in [-0.2, -0.15) is 0 Å². The largest absolute Gasteiger partial charge is 0.371 e. The van der Waals surface area contributed by atoms with E-state index in [-0.39, 0.29) is 0 Å². The maximum Gasteiger partial charge on any atom is 0.0414 e. The van der Waals surface area contributed by atoms with Crippen LogP contribution in [0.15, 0.2) is 24.3 Å². The SMILES string of the molecule is CCCCCCCCN1CCC(NC)c2ccccc21. The highest BCUT2D eigenvalue weighted by Crippen LogP contribution is 2.33. The monoisotopic (exact) mass is 274 g/mol. The molecule has 1 aliphatic rings. The predicted octanol–water partition coefficient (Wildman–Crippen LogP) is 4.52. The summed E-state index contributed by atoms with van der Waals surface area (Å²) in [6, 6.07) is 9.44. The van der Waals surface area contributed by atoms with Crippen molar-refractivity contribution in [1.29, 1.82) is 0 Å². The Morgan fingerprint density at radius 1 is 1.10 bits per heavy atom. The van der Waals surface area contributed by atoms with Crippen molar-refractivity contribution in [2.75, 3.05) is 25.0 Å². The molecule has 1 aromatic carbocycles. The molecule has 0 saturated heterocycles. The molecule has 2 heteroatoms. The normalized spacial score (nSPS) is 18.1. The van der Waals surface area contributed by atoms with Gasteiger partial charge in [-0.05, 0) is 31.5 Å². The van der Waals surface area contributed by atoms with E-state index in [4.69, 9.17) is 0 Å². The molecule has 0 fully saturated rings. The summed E-state index contributed by atoms with van der Waals surface area (Å²) in [5.74, 6) is 0. The Balaban J connectivity index is 1.84. The van der Waals surface area contributed by atoms with Gasteiger partial charge in [0, 0.05) is 24.8 Å². The number of nitrogens with one attached hydrogen (secondary N) is 1. The van der Waals surface area contributed by atoms with Crippen LogP contribution < -0.4 is 10.2 Å². The Kier molecular flexibility index (Phi) is 6.38. The van der Waals surface area contributed by atoms with Crippen molar-refractivity contribution >= 4 is 5.69 Å². The highest BCUT2D eigenvalue weighted by molar-refractivity contribution is 5.56. The van der Waals surface area contributed by atoms with Gasteiger partial charge in [0.1, 0.15) is 0 Å². The van der Waals surface area contributed by atoms with Crippen LogP contribution in [0, 0.1) is 0 Å². The molecular weight excluding hydrogens is 244 g/mol. The van der Waals surface area contributed by atoms with E-state index >= 15 is 0 Å². The summed E-state index contributed by atoms with van der Waals surface area (Å²) in [7, 11) is 2.07. The average Bonchev–Trinajstić information content (AvgIpc) is 2.50. The first kappa shape index (κ1) is 15.4. The minimum atomic E-state index is 0.534. The van der Waals surface area contributed by atoms with Gasteiger partial charge in [-0.25, -0.2) is 0 Å². The second-order valence-corrected chi connectivity index (χ2v) is 5.94. The van der Waals surface area contributed by atoms with E-state index in [1.165, 1.54) is 69.3 Å². The fourth-order valence-electron chi connectivity index (χ4n) is 3.25. The second kappa shape index (κ2) is 8.31. The molecule has 1 aliphatic heterocycles. The highest BCUT2D eigenvalue weighted by atomic mass is 15.1. The van der Waals surface area contributed by atoms with Gasteiger partial charge in [-0.15, -0.1) is 0 Å². The quantitative estimate of drug-likeness (QED) is 0.701. The summed E-state index contributed by atoms with van der Waals surface area (Å²) >= 11 is 0. The molecule has 0 spiro atoms. The van der Waals surface area contributed by atoms with Gasteiger partial charge in [0.25, 0.3) is 0 Å². The standard InChI is InChI=1S/C18H30N2/c1-3-4-5-6-7-10-14-20-15-13-17(19-2)16-11-8-9-12-18(16)20/h8-9,11-12,17,19H,3-7,10,13-15H2,1-2H3. The zero-order valence-electron chi connectivity index (χ0n) is 13.2. The maximum atomic E-state index is 3.44. The van der Waals surface area contributed by atoms with Gasteiger partial charge in [0.2, 0.25) is 0 Å². The van der Waals surface area contributed by atoms with Crippen LogP contribution in [0.25, 0.3) is 0 Å².